The predicted molar refractivity (Wildman–Crippen MR) is 103 cm³/mol. The molecular weight excluding hydrogens is 391 g/mol. The minimum absolute atomic E-state index is 0.0289. The van der Waals surface area contributed by atoms with Crippen molar-refractivity contribution >= 4 is 38.9 Å². The van der Waals surface area contributed by atoms with Crippen LogP contribution in [-0.4, -0.2) is 14.3 Å². The van der Waals surface area contributed by atoms with Crippen LogP contribution in [0.15, 0.2) is 77.7 Å². The van der Waals surface area contributed by atoms with Gasteiger partial charge in [0, 0.05) is 22.0 Å². The fraction of sp³-hybridized carbons (Fsp3) is 0. The lowest BCUT2D eigenvalue weighted by Crippen LogP contribution is -2.14. The first kappa shape index (κ1) is 18.9. The van der Waals surface area contributed by atoms with Gasteiger partial charge in [-0.2, -0.15) is 0 Å². The highest BCUT2D eigenvalue weighted by Crippen LogP contribution is 2.20. The van der Waals surface area contributed by atoms with E-state index in [0.29, 0.717) is 16.4 Å². The lowest BCUT2D eigenvalue weighted by atomic mass is 10.2. The zero-order valence-electron chi connectivity index (χ0n) is 13.8. The maximum Gasteiger partial charge on any atom is 0.261 e. The molecule has 27 heavy (non-hydrogen) atoms. The Balaban J connectivity index is 1.72. The lowest BCUT2D eigenvalue weighted by molar-refractivity contribution is 0.102. The molecule has 0 heterocycles. The van der Waals surface area contributed by atoms with Crippen LogP contribution in [0.3, 0.4) is 0 Å². The van der Waals surface area contributed by atoms with Crippen molar-refractivity contribution in [3.8, 4) is 0 Å². The second kappa shape index (κ2) is 7.77. The van der Waals surface area contributed by atoms with E-state index in [1.54, 1.807) is 24.3 Å². The first-order valence-electron chi connectivity index (χ1n) is 7.79. The van der Waals surface area contributed by atoms with Crippen molar-refractivity contribution in [3.63, 3.8) is 0 Å². The Bertz CT molecular complexity index is 1070. The average Bonchev–Trinajstić information content (AvgIpc) is 2.64. The standard InChI is InChI=1S/C19H14ClFN2O3S/c20-14-4-6-17(7-5-14)23-27(25,26)18-10-8-16(9-11-18)22-19(24)13-2-1-3-15(21)12-13/h1-12,23H,(H,22,24). The summed E-state index contributed by atoms with van der Waals surface area (Å²) in [7, 11) is -3.78. The number of benzene rings is 3. The Labute approximate surface area is 160 Å². The van der Waals surface area contributed by atoms with Crippen LogP contribution in [-0.2, 0) is 10.0 Å². The van der Waals surface area contributed by atoms with Gasteiger partial charge in [-0.05, 0) is 66.7 Å². The summed E-state index contributed by atoms with van der Waals surface area (Å²) in [5, 5.41) is 3.08. The maximum atomic E-state index is 13.2. The fourth-order valence-corrected chi connectivity index (χ4v) is 3.47. The molecule has 0 aliphatic rings. The molecule has 138 valence electrons. The lowest BCUT2D eigenvalue weighted by Gasteiger charge is -2.10. The molecule has 0 saturated carbocycles. The van der Waals surface area contributed by atoms with Crippen molar-refractivity contribution in [1.29, 1.82) is 0 Å². The molecule has 0 bridgehead atoms. The highest BCUT2D eigenvalue weighted by atomic mass is 35.5. The van der Waals surface area contributed by atoms with Gasteiger partial charge in [0.1, 0.15) is 5.82 Å². The summed E-state index contributed by atoms with van der Waals surface area (Å²) in [5.74, 6) is -1.01. The van der Waals surface area contributed by atoms with Gasteiger partial charge in [0.15, 0.2) is 0 Å². The number of rotatable bonds is 5. The minimum atomic E-state index is -3.78. The number of amides is 1. The third-order valence-electron chi connectivity index (χ3n) is 3.61. The number of carbonyl (C=O) groups is 1. The largest absolute Gasteiger partial charge is 0.322 e. The van der Waals surface area contributed by atoms with Gasteiger partial charge in [-0.15, -0.1) is 0 Å². The van der Waals surface area contributed by atoms with Gasteiger partial charge in [-0.25, -0.2) is 12.8 Å². The van der Waals surface area contributed by atoms with Crippen LogP contribution in [0.25, 0.3) is 0 Å². The number of hydrogen-bond donors (Lipinski definition) is 2. The monoisotopic (exact) mass is 404 g/mol. The van der Waals surface area contributed by atoms with Crippen LogP contribution in [0.5, 0.6) is 0 Å². The van der Waals surface area contributed by atoms with Gasteiger partial charge in [-0.1, -0.05) is 17.7 Å². The molecule has 2 N–H and O–H groups in total. The van der Waals surface area contributed by atoms with Gasteiger partial charge in [0.05, 0.1) is 4.90 Å². The number of hydrogen-bond acceptors (Lipinski definition) is 3. The maximum absolute atomic E-state index is 13.2. The molecule has 3 rings (SSSR count). The summed E-state index contributed by atoms with van der Waals surface area (Å²) < 4.78 is 40.4. The van der Waals surface area contributed by atoms with E-state index < -0.39 is 21.7 Å². The number of halogens is 2. The first-order chi connectivity index (χ1) is 12.8. The van der Waals surface area contributed by atoms with Crippen LogP contribution in [0, 0.1) is 5.82 Å². The fourth-order valence-electron chi connectivity index (χ4n) is 2.28. The van der Waals surface area contributed by atoms with E-state index in [0.717, 1.165) is 6.07 Å². The SMILES string of the molecule is O=C(Nc1ccc(S(=O)(=O)Nc2ccc(Cl)cc2)cc1)c1cccc(F)c1. The molecule has 0 atom stereocenters. The summed E-state index contributed by atoms with van der Waals surface area (Å²) in [4.78, 5) is 12.1. The van der Waals surface area contributed by atoms with E-state index in [1.807, 2.05) is 0 Å². The molecule has 5 nitrogen and oxygen atoms in total. The molecule has 0 fully saturated rings. The second-order valence-electron chi connectivity index (χ2n) is 5.60. The number of sulfonamides is 1. The molecule has 3 aromatic carbocycles. The van der Waals surface area contributed by atoms with Gasteiger partial charge >= 0.3 is 0 Å². The van der Waals surface area contributed by atoms with Crippen molar-refractivity contribution in [2.24, 2.45) is 0 Å². The van der Waals surface area contributed by atoms with Gasteiger partial charge in [-0.3, -0.25) is 9.52 Å². The molecular formula is C19H14ClFN2O3S. The number of nitrogens with one attached hydrogen (secondary N) is 2. The van der Waals surface area contributed by atoms with Crippen LogP contribution in [0.2, 0.25) is 5.02 Å². The van der Waals surface area contributed by atoms with E-state index >= 15 is 0 Å². The third kappa shape index (κ3) is 4.84. The average molecular weight is 405 g/mol. The third-order valence-corrected chi connectivity index (χ3v) is 5.25. The normalized spacial score (nSPS) is 11.0. The molecule has 1 amide bonds. The molecule has 0 saturated heterocycles. The van der Waals surface area contributed by atoms with Crippen LogP contribution in [0.4, 0.5) is 15.8 Å². The Morgan fingerprint density at radius 2 is 1.52 bits per heavy atom. The molecule has 0 radical (unpaired) electrons. The van der Waals surface area contributed by atoms with E-state index in [2.05, 4.69) is 10.0 Å². The summed E-state index contributed by atoms with van der Waals surface area (Å²) in [6.45, 7) is 0. The summed E-state index contributed by atoms with van der Waals surface area (Å²) >= 11 is 5.78. The van der Waals surface area contributed by atoms with Crippen LogP contribution in [0.1, 0.15) is 10.4 Å². The van der Waals surface area contributed by atoms with Gasteiger partial charge < -0.3 is 5.32 Å². The van der Waals surface area contributed by atoms with Crippen molar-refractivity contribution in [2.45, 2.75) is 4.90 Å². The Hall–Kier alpha value is -2.90. The summed E-state index contributed by atoms with van der Waals surface area (Å²) in [6.07, 6.45) is 0. The van der Waals surface area contributed by atoms with Crippen molar-refractivity contribution in [3.05, 3.63) is 89.2 Å². The van der Waals surface area contributed by atoms with E-state index in [4.69, 9.17) is 11.6 Å². The molecule has 0 aromatic heterocycles. The first-order valence-corrected chi connectivity index (χ1v) is 9.65. The van der Waals surface area contributed by atoms with Gasteiger partial charge in [0.25, 0.3) is 15.9 Å². The topological polar surface area (TPSA) is 75.3 Å². The minimum Gasteiger partial charge on any atom is -0.322 e. The Kier molecular flexibility index (Phi) is 5.43. The van der Waals surface area contributed by atoms with E-state index in [9.17, 15) is 17.6 Å². The van der Waals surface area contributed by atoms with E-state index in [1.165, 1.54) is 42.5 Å². The predicted octanol–water partition coefficient (Wildman–Crippen LogP) is 4.53. The zero-order chi connectivity index (χ0) is 19.4. The van der Waals surface area contributed by atoms with Crippen molar-refractivity contribution in [1.82, 2.24) is 0 Å². The molecule has 0 unspecified atom stereocenters. The zero-order valence-corrected chi connectivity index (χ0v) is 15.4. The number of carbonyl (C=O) groups excluding carboxylic acids is 1. The van der Waals surface area contributed by atoms with Crippen LogP contribution < -0.4 is 10.0 Å². The van der Waals surface area contributed by atoms with Crippen LogP contribution >= 0.6 is 11.6 Å². The smallest absolute Gasteiger partial charge is 0.261 e. The molecule has 3 aromatic rings. The van der Waals surface area contributed by atoms with Gasteiger partial charge in [0.2, 0.25) is 0 Å². The molecule has 8 heteroatoms. The molecule has 0 aliphatic carbocycles. The van der Waals surface area contributed by atoms with Crippen molar-refractivity contribution in [2.75, 3.05) is 10.0 Å². The van der Waals surface area contributed by atoms with E-state index in [-0.39, 0.29) is 10.5 Å². The summed E-state index contributed by atoms with van der Waals surface area (Å²) in [6, 6.07) is 17.1. The quantitative estimate of drug-likeness (QED) is 0.655. The highest BCUT2D eigenvalue weighted by Gasteiger charge is 2.14. The second-order valence-corrected chi connectivity index (χ2v) is 7.72. The Morgan fingerprint density at radius 1 is 0.889 bits per heavy atom. The molecule has 0 spiro atoms. The molecule has 0 aliphatic heterocycles. The summed E-state index contributed by atoms with van der Waals surface area (Å²) in [5.41, 5.74) is 0.925. The highest BCUT2D eigenvalue weighted by molar-refractivity contribution is 7.92. The Morgan fingerprint density at radius 3 is 2.15 bits per heavy atom. The van der Waals surface area contributed by atoms with Crippen molar-refractivity contribution < 1.29 is 17.6 Å². The number of anilines is 2.